The predicted molar refractivity (Wildman–Crippen MR) is 63.4 cm³/mol. The highest BCUT2D eigenvalue weighted by Crippen LogP contribution is 2.20. The molecule has 0 radical (unpaired) electrons. The average Bonchev–Trinajstić information content (AvgIpc) is 2.66. The molecule has 5 heteroatoms. The van der Waals surface area contributed by atoms with E-state index in [1.54, 1.807) is 12.1 Å². The van der Waals surface area contributed by atoms with Crippen molar-refractivity contribution in [2.24, 2.45) is 0 Å². The van der Waals surface area contributed by atoms with E-state index < -0.39 is 0 Å². The van der Waals surface area contributed by atoms with Gasteiger partial charge in [0.25, 0.3) is 6.01 Å². The fraction of sp³-hybridized carbons (Fsp3) is 0.364. The molecule has 2 rings (SSSR count). The maximum Gasteiger partial charge on any atom is 0.295 e. The summed E-state index contributed by atoms with van der Waals surface area (Å²) in [6.45, 7) is 3.99. The largest absolute Gasteiger partial charge is 0.423 e. The Morgan fingerprint density at radius 2 is 2.38 bits per heavy atom. The third-order valence-corrected chi connectivity index (χ3v) is 2.14. The molecule has 0 spiro atoms. The average molecular weight is 221 g/mol. The van der Waals surface area contributed by atoms with Gasteiger partial charge in [0.05, 0.1) is 6.61 Å². The minimum atomic E-state index is 0.500. The lowest BCUT2D eigenvalue weighted by Gasteiger charge is -2.00. The molecular weight excluding hydrogens is 206 g/mol. The molecule has 0 saturated carbocycles. The van der Waals surface area contributed by atoms with Crippen LogP contribution in [0.4, 0.5) is 11.7 Å². The van der Waals surface area contributed by atoms with E-state index in [-0.39, 0.29) is 0 Å². The Balaban J connectivity index is 2.02. The van der Waals surface area contributed by atoms with Gasteiger partial charge in [-0.15, -0.1) is 0 Å². The van der Waals surface area contributed by atoms with Crippen molar-refractivity contribution in [2.75, 3.05) is 30.8 Å². The second kappa shape index (κ2) is 4.85. The highest BCUT2D eigenvalue weighted by atomic mass is 16.5. The molecule has 0 bridgehead atoms. The fourth-order valence-corrected chi connectivity index (χ4v) is 1.39. The van der Waals surface area contributed by atoms with Gasteiger partial charge in [-0.1, -0.05) is 0 Å². The topological polar surface area (TPSA) is 73.3 Å². The molecule has 86 valence electrons. The summed E-state index contributed by atoms with van der Waals surface area (Å²) in [5.41, 5.74) is 7.81. The maximum atomic E-state index is 5.64. The Kier molecular flexibility index (Phi) is 3.26. The summed E-state index contributed by atoms with van der Waals surface area (Å²) < 4.78 is 10.7. The van der Waals surface area contributed by atoms with Crippen LogP contribution in [0.2, 0.25) is 0 Å². The predicted octanol–water partition coefficient (Wildman–Crippen LogP) is 1.86. The normalized spacial score (nSPS) is 10.8. The molecule has 1 aromatic carbocycles. The lowest BCUT2D eigenvalue weighted by Crippen LogP contribution is -2.09. The summed E-state index contributed by atoms with van der Waals surface area (Å²) in [5, 5.41) is 3.04. The second-order valence-electron chi connectivity index (χ2n) is 3.37. The molecule has 0 amide bonds. The van der Waals surface area contributed by atoms with E-state index in [1.165, 1.54) is 0 Å². The molecule has 0 aliphatic carbocycles. The van der Waals surface area contributed by atoms with Crippen LogP contribution in [0.5, 0.6) is 0 Å². The number of benzene rings is 1. The number of rotatable bonds is 5. The maximum absolute atomic E-state index is 5.64. The Hall–Kier alpha value is -1.75. The Labute approximate surface area is 93.6 Å². The van der Waals surface area contributed by atoms with Crippen molar-refractivity contribution in [1.29, 1.82) is 0 Å². The number of oxazole rings is 1. The molecule has 0 saturated heterocycles. The third-order valence-electron chi connectivity index (χ3n) is 2.14. The van der Waals surface area contributed by atoms with Gasteiger partial charge in [-0.25, -0.2) is 0 Å². The van der Waals surface area contributed by atoms with Crippen molar-refractivity contribution in [3.63, 3.8) is 0 Å². The molecule has 0 fully saturated rings. The van der Waals surface area contributed by atoms with Crippen LogP contribution < -0.4 is 11.1 Å². The van der Waals surface area contributed by atoms with E-state index in [9.17, 15) is 0 Å². The van der Waals surface area contributed by atoms with E-state index in [4.69, 9.17) is 14.9 Å². The first-order valence-corrected chi connectivity index (χ1v) is 5.27. The van der Waals surface area contributed by atoms with E-state index in [2.05, 4.69) is 10.3 Å². The van der Waals surface area contributed by atoms with Crippen LogP contribution in [-0.2, 0) is 4.74 Å². The van der Waals surface area contributed by atoms with Gasteiger partial charge < -0.3 is 20.2 Å². The fourth-order valence-electron chi connectivity index (χ4n) is 1.39. The minimum Gasteiger partial charge on any atom is -0.423 e. The number of hydrogen-bond donors (Lipinski definition) is 2. The third kappa shape index (κ3) is 2.43. The zero-order valence-corrected chi connectivity index (χ0v) is 9.19. The van der Waals surface area contributed by atoms with Crippen molar-refractivity contribution >= 4 is 22.8 Å². The lowest BCUT2D eigenvalue weighted by molar-refractivity contribution is 0.157. The SMILES string of the molecule is CCOCCNc1nc2ccc(N)cc2o1. The molecule has 5 nitrogen and oxygen atoms in total. The van der Waals surface area contributed by atoms with Gasteiger partial charge in [0.2, 0.25) is 0 Å². The monoisotopic (exact) mass is 221 g/mol. The summed E-state index contributed by atoms with van der Waals surface area (Å²) in [5.74, 6) is 0. The highest BCUT2D eigenvalue weighted by molar-refractivity contribution is 5.77. The number of nitrogens with two attached hydrogens (primary N) is 1. The molecular formula is C11H15N3O2. The van der Waals surface area contributed by atoms with Gasteiger partial charge in [-0.2, -0.15) is 4.98 Å². The first-order chi connectivity index (χ1) is 7.79. The molecule has 2 aromatic rings. The molecule has 0 aliphatic rings. The Bertz CT molecular complexity index is 467. The van der Waals surface area contributed by atoms with E-state index >= 15 is 0 Å². The number of aromatic nitrogens is 1. The van der Waals surface area contributed by atoms with Gasteiger partial charge in [-0.3, -0.25) is 0 Å². The summed E-state index contributed by atoms with van der Waals surface area (Å²) in [4.78, 5) is 4.26. The van der Waals surface area contributed by atoms with Gasteiger partial charge in [0.1, 0.15) is 5.52 Å². The van der Waals surface area contributed by atoms with Crippen molar-refractivity contribution in [2.45, 2.75) is 6.92 Å². The quantitative estimate of drug-likeness (QED) is 0.595. The Morgan fingerprint density at radius 3 is 3.19 bits per heavy atom. The van der Waals surface area contributed by atoms with E-state index in [0.29, 0.717) is 37.0 Å². The van der Waals surface area contributed by atoms with Crippen LogP contribution in [0.3, 0.4) is 0 Å². The summed E-state index contributed by atoms with van der Waals surface area (Å²) >= 11 is 0. The second-order valence-corrected chi connectivity index (χ2v) is 3.37. The van der Waals surface area contributed by atoms with Crippen molar-refractivity contribution in [3.8, 4) is 0 Å². The van der Waals surface area contributed by atoms with Gasteiger partial charge in [-0.05, 0) is 19.1 Å². The van der Waals surface area contributed by atoms with E-state index in [0.717, 1.165) is 5.52 Å². The van der Waals surface area contributed by atoms with Crippen LogP contribution in [0.1, 0.15) is 6.92 Å². The van der Waals surface area contributed by atoms with Crippen LogP contribution in [0.25, 0.3) is 11.1 Å². The molecule has 0 unspecified atom stereocenters. The number of fused-ring (bicyclic) bond motifs is 1. The first-order valence-electron chi connectivity index (χ1n) is 5.27. The summed E-state index contributed by atoms with van der Waals surface area (Å²) in [6.07, 6.45) is 0. The molecule has 0 atom stereocenters. The molecule has 1 aromatic heterocycles. The van der Waals surface area contributed by atoms with Gasteiger partial charge >= 0.3 is 0 Å². The Morgan fingerprint density at radius 1 is 1.50 bits per heavy atom. The number of hydrogen-bond acceptors (Lipinski definition) is 5. The molecule has 0 aliphatic heterocycles. The number of nitrogens with one attached hydrogen (secondary N) is 1. The van der Waals surface area contributed by atoms with E-state index in [1.807, 2.05) is 13.0 Å². The standard InChI is InChI=1S/C11H15N3O2/c1-2-15-6-5-13-11-14-9-4-3-8(12)7-10(9)16-11/h3-4,7H,2,5-6,12H2,1H3,(H,13,14). The molecule has 16 heavy (non-hydrogen) atoms. The van der Waals surface area contributed by atoms with Crippen LogP contribution in [-0.4, -0.2) is 24.7 Å². The number of nitrogens with zero attached hydrogens (tertiary/aromatic N) is 1. The molecule has 1 heterocycles. The lowest BCUT2D eigenvalue weighted by atomic mass is 10.3. The van der Waals surface area contributed by atoms with Gasteiger partial charge in [0, 0.05) is 24.9 Å². The van der Waals surface area contributed by atoms with Crippen LogP contribution in [0, 0.1) is 0 Å². The zero-order valence-electron chi connectivity index (χ0n) is 9.19. The van der Waals surface area contributed by atoms with Crippen molar-refractivity contribution in [3.05, 3.63) is 18.2 Å². The van der Waals surface area contributed by atoms with Gasteiger partial charge in [0.15, 0.2) is 5.58 Å². The minimum absolute atomic E-state index is 0.500. The summed E-state index contributed by atoms with van der Waals surface area (Å²) in [7, 11) is 0. The first kappa shape index (κ1) is 10.8. The summed E-state index contributed by atoms with van der Waals surface area (Å²) in [6, 6.07) is 5.90. The highest BCUT2D eigenvalue weighted by Gasteiger charge is 2.04. The molecule has 3 N–H and O–H groups in total. The smallest absolute Gasteiger partial charge is 0.295 e. The van der Waals surface area contributed by atoms with Crippen LogP contribution in [0.15, 0.2) is 22.6 Å². The van der Waals surface area contributed by atoms with Crippen molar-refractivity contribution < 1.29 is 9.15 Å². The van der Waals surface area contributed by atoms with Crippen molar-refractivity contribution in [1.82, 2.24) is 4.98 Å². The van der Waals surface area contributed by atoms with Crippen LogP contribution >= 0.6 is 0 Å². The number of nitrogen functional groups attached to an aromatic ring is 1. The number of ether oxygens (including phenoxy) is 1. The zero-order chi connectivity index (χ0) is 11.4. The number of anilines is 2.